The quantitative estimate of drug-likeness (QED) is 0.750. The molecule has 1 fully saturated rings. The van der Waals surface area contributed by atoms with Gasteiger partial charge in [0.15, 0.2) is 0 Å². The maximum Gasteiger partial charge on any atom is 0.242 e. The van der Waals surface area contributed by atoms with E-state index in [1.165, 1.54) is 4.31 Å². The van der Waals surface area contributed by atoms with E-state index in [1.807, 2.05) is 30.3 Å². The third-order valence-electron chi connectivity index (χ3n) is 5.29. The second kappa shape index (κ2) is 6.65. The number of aryl methyl sites for hydroxylation is 1. The third kappa shape index (κ3) is 3.11. The summed E-state index contributed by atoms with van der Waals surface area (Å²) < 4.78 is 27.3. The first-order valence-electron chi connectivity index (χ1n) is 9.19. The molecule has 6 nitrogen and oxygen atoms in total. The van der Waals surface area contributed by atoms with Gasteiger partial charge in [0.25, 0.3) is 0 Å². The highest BCUT2D eigenvalue weighted by molar-refractivity contribution is 7.88. The molecule has 1 saturated heterocycles. The first kappa shape index (κ1) is 18.0. The normalized spacial score (nSPS) is 18.4. The molecule has 0 aliphatic carbocycles. The van der Waals surface area contributed by atoms with Crippen molar-refractivity contribution in [2.24, 2.45) is 0 Å². The Bertz CT molecular complexity index is 1130. The van der Waals surface area contributed by atoms with E-state index in [0.717, 1.165) is 34.6 Å². The molecule has 1 N–H and O–H groups in total. The van der Waals surface area contributed by atoms with Crippen LogP contribution in [-0.2, 0) is 21.4 Å². The minimum atomic E-state index is -3.38. The highest BCUT2D eigenvalue weighted by atomic mass is 32.2. The number of carbonyl (C=O) groups is 1. The minimum Gasteiger partial charge on any atom is -0.341 e. The zero-order valence-corrected chi connectivity index (χ0v) is 16.3. The lowest BCUT2D eigenvalue weighted by Crippen LogP contribution is -2.42. The van der Waals surface area contributed by atoms with Crippen LogP contribution in [0.3, 0.4) is 0 Å². The summed E-state index contributed by atoms with van der Waals surface area (Å²) in [5, 5.41) is 5.14. The fourth-order valence-electron chi connectivity index (χ4n) is 4.10. The number of hydrogen-bond acceptors (Lipinski definition) is 3. The summed E-state index contributed by atoms with van der Waals surface area (Å²) in [5.41, 5.74) is 2.97. The molecule has 1 aliphatic heterocycles. The first-order chi connectivity index (χ1) is 12.9. The van der Waals surface area contributed by atoms with E-state index in [2.05, 4.69) is 28.9 Å². The van der Waals surface area contributed by atoms with Crippen LogP contribution in [0.4, 0.5) is 5.69 Å². The van der Waals surface area contributed by atoms with Gasteiger partial charge in [-0.1, -0.05) is 18.2 Å². The molecule has 0 saturated carbocycles. The molecule has 0 spiro atoms. The number of fused-ring (bicyclic) bond motifs is 3. The van der Waals surface area contributed by atoms with Crippen LogP contribution in [0.1, 0.15) is 19.8 Å². The fraction of sp³-hybridized carbons (Fsp3) is 0.350. The summed E-state index contributed by atoms with van der Waals surface area (Å²) in [5.74, 6) is -0.267. The third-order valence-corrected chi connectivity index (χ3v) is 6.58. The largest absolute Gasteiger partial charge is 0.341 e. The number of benzene rings is 2. The molecule has 1 aliphatic rings. The first-order valence-corrected chi connectivity index (χ1v) is 11.0. The standard InChI is InChI=1S/C20H23N3O3S/c1-3-22-17-8-5-4-7-15(17)16-13-14(10-11-18(16)22)21-20(24)19-9-6-12-23(19)27(2,25)26/h4-5,7-8,10-11,13,19H,3,6,9,12H2,1-2H3,(H,21,24). The molecule has 1 aromatic heterocycles. The van der Waals surface area contributed by atoms with Crippen LogP contribution in [0.2, 0.25) is 0 Å². The molecular weight excluding hydrogens is 362 g/mol. The number of anilines is 1. The number of sulfonamides is 1. The van der Waals surface area contributed by atoms with Crippen molar-refractivity contribution in [2.75, 3.05) is 18.1 Å². The van der Waals surface area contributed by atoms with Crippen molar-refractivity contribution < 1.29 is 13.2 Å². The van der Waals surface area contributed by atoms with Gasteiger partial charge in [0.2, 0.25) is 15.9 Å². The highest BCUT2D eigenvalue weighted by Gasteiger charge is 2.36. The van der Waals surface area contributed by atoms with Gasteiger partial charge in [-0.05, 0) is 44.0 Å². The smallest absolute Gasteiger partial charge is 0.242 e. The second-order valence-electron chi connectivity index (χ2n) is 7.01. The van der Waals surface area contributed by atoms with Crippen molar-refractivity contribution in [2.45, 2.75) is 32.4 Å². The zero-order chi connectivity index (χ0) is 19.2. The van der Waals surface area contributed by atoms with Gasteiger partial charge in [0.1, 0.15) is 6.04 Å². The Morgan fingerprint density at radius 3 is 2.63 bits per heavy atom. The molecule has 7 heteroatoms. The van der Waals surface area contributed by atoms with Gasteiger partial charge >= 0.3 is 0 Å². The van der Waals surface area contributed by atoms with E-state index < -0.39 is 16.1 Å². The molecular formula is C20H23N3O3S. The lowest BCUT2D eigenvalue weighted by molar-refractivity contribution is -0.119. The van der Waals surface area contributed by atoms with Crippen LogP contribution in [0.25, 0.3) is 21.8 Å². The molecule has 4 rings (SSSR count). The molecule has 27 heavy (non-hydrogen) atoms. The van der Waals surface area contributed by atoms with Gasteiger partial charge in [0, 0.05) is 40.6 Å². The molecule has 0 bridgehead atoms. The van der Waals surface area contributed by atoms with Crippen molar-refractivity contribution in [3.05, 3.63) is 42.5 Å². The number of carbonyl (C=O) groups excluding carboxylic acids is 1. The van der Waals surface area contributed by atoms with Crippen molar-refractivity contribution in [3.63, 3.8) is 0 Å². The monoisotopic (exact) mass is 385 g/mol. The molecule has 1 atom stereocenters. The maximum atomic E-state index is 12.7. The summed E-state index contributed by atoms with van der Waals surface area (Å²) in [7, 11) is -3.38. The van der Waals surface area contributed by atoms with Crippen LogP contribution < -0.4 is 5.32 Å². The Morgan fingerprint density at radius 2 is 1.89 bits per heavy atom. The van der Waals surface area contributed by atoms with Gasteiger partial charge in [-0.3, -0.25) is 4.79 Å². The number of amides is 1. The summed E-state index contributed by atoms with van der Waals surface area (Å²) in [6, 6.07) is 13.4. The van der Waals surface area contributed by atoms with Crippen LogP contribution in [0.5, 0.6) is 0 Å². The van der Waals surface area contributed by atoms with Crippen molar-refractivity contribution in [1.82, 2.24) is 8.87 Å². The van der Waals surface area contributed by atoms with E-state index in [9.17, 15) is 13.2 Å². The number of nitrogens with zero attached hydrogens (tertiary/aromatic N) is 2. The van der Waals surface area contributed by atoms with Crippen molar-refractivity contribution in [3.8, 4) is 0 Å². The topological polar surface area (TPSA) is 71.4 Å². The number of aromatic nitrogens is 1. The molecule has 1 unspecified atom stereocenters. The van der Waals surface area contributed by atoms with Crippen LogP contribution in [-0.4, -0.2) is 42.0 Å². The van der Waals surface area contributed by atoms with E-state index in [0.29, 0.717) is 25.1 Å². The van der Waals surface area contributed by atoms with E-state index in [1.54, 1.807) is 0 Å². The van der Waals surface area contributed by atoms with Gasteiger partial charge < -0.3 is 9.88 Å². The SMILES string of the molecule is CCn1c2ccccc2c2cc(NC(=O)C3CCCN3S(C)(=O)=O)ccc21. The van der Waals surface area contributed by atoms with E-state index in [-0.39, 0.29) is 5.91 Å². The number of nitrogens with one attached hydrogen (secondary N) is 1. The molecule has 1 amide bonds. The van der Waals surface area contributed by atoms with Gasteiger partial charge in [-0.25, -0.2) is 8.42 Å². The zero-order valence-electron chi connectivity index (χ0n) is 15.5. The summed E-state index contributed by atoms with van der Waals surface area (Å²) >= 11 is 0. The predicted octanol–water partition coefficient (Wildman–Crippen LogP) is 3.18. The van der Waals surface area contributed by atoms with Crippen LogP contribution in [0, 0.1) is 0 Å². The molecule has 142 valence electrons. The average Bonchev–Trinajstić information content (AvgIpc) is 3.24. The Balaban J connectivity index is 1.69. The summed E-state index contributed by atoms with van der Waals surface area (Å²) in [6.07, 6.45) is 2.41. The predicted molar refractivity (Wildman–Crippen MR) is 108 cm³/mol. The van der Waals surface area contributed by atoms with Gasteiger partial charge in [-0.15, -0.1) is 0 Å². The summed E-state index contributed by atoms with van der Waals surface area (Å²) in [6.45, 7) is 3.38. The molecule has 0 radical (unpaired) electrons. The van der Waals surface area contributed by atoms with Crippen molar-refractivity contribution in [1.29, 1.82) is 0 Å². The van der Waals surface area contributed by atoms with Crippen molar-refractivity contribution >= 4 is 43.4 Å². The lowest BCUT2D eigenvalue weighted by Gasteiger charge is -2.21. The summed E-state index contributed by atoms with van der Waals surface area (Å²) in [4.78, 5) is 12.7. The number of para-hydroxylation sites is 1. The minimum absolute atomic E-state index is 0.267. The highest BCUT2D eigenvalue weighted by Crippen LogP contribution is 2.31. The average molecular weight is 385 g/mol. The number of hydrogen-bond donors (Lipinski definition) is 1. The Kier molecular flexibility index (Phi) is 4.44. The van der Waals surface area contributed by atoms with Crippen LogP contribution >= 0.6 is 0 Å². The Labute approximate surface area is 158 Å². The Morgan fingerprint density at radius 1 is 1.15 bits per heavy atom. The maximum absolute atomic E-state index is 12.7. The molecule has 3 aromatic rings. The fourth-order valence-corrected chi connectivity index (χ4v) is 5.22. The lowest BCUT2D eigenvalue weighted by atomic mass is 10.1. The molecule has 2 aromatic carbocycles. The van der Waals surface area contributed by atoms with E-state index in [4.69, 9.17) is 0 Å². The number of rotatable bonds is 4. The van der Waals surface area contributed by atoms with Gasteiger partial charge in [0.05, 0.1) is 6.26 Å². The van der Waals surface area contributed by atoms with Crippen LogP contribution in [0.15, 0.2) is 42.5 Å². The molecule has 2 heterocycles. The van der Waals surface area contributed by atoms with E-state index >= 15 is 0 Å². The second-order valence-corrected chi connectivity index (χ2v) is 8.95. The van der Waals surface area contributed by atoms with Gasteiger partial charge in [-0.2, -0.15) is 4.31 Å². The Hall–Kier alpha value is -2.38.